The van der Waals surface area contributed by atoms with Gasteiger partial charge in [0.1, 0.15) is 0 Å². The van der Waals surface area contributed by atoms with Gasteiger partial charge in [0.05, 0.1) is 6.04 Å². The standard InChI is InChI=1S/C21H22Cl3IN2O/c1-13(28)26-20(11-25)18-4-3-17(10-19(18)24)27-6-5-21(2,12-27)14-7-15(22)9-16(23)8-14/h3-4,7-10,20H,5-6,11-12H2,1-2H3,(H,26,28). The van der Waals surface area contributed by atoms with Crippen molar-refractivity contribution in [3.05, 3.63) is 62.6 Å². The molecule has 150 valence electrons. The molecule has 2 aromatic carbocycles. The fourth-order valence-electron chi connectivity index (χ4n) is 3.76. The summed E-state index contributed by atoms with van der Waals surface area (Å²) in [7, 11) is 0. The van der Waals surface area contributed by atoms with Gasteiger partial charge in [-0.1, -0.05) is 70.4 Å². The van der Waals surface area contributed by atoms with Gasteiger partial charge >= 0.3 is 0 Å². The molecule has 0 aliphatic carbocycles. The van der Waals surface area contributed by atoms with Gasteiger partial charge in [-0.2, -0.15) is 0 Å². The van der Waals surface area contributed by atoms with E-state index >= 15 is 0 Å². The molecule has 2 aromatic rings. The third kappa shape index (κ3) is 4.89. The molecule has 1 fully saturated rings. The maximum absolute atomic E-state index is 11.4. The predicted octanol–water partition coefficient (Wildman–Crippen LogP) is 6.43. The summed E-state index contributed by atoms with van der Waals surface area (Å²) >= 11 is 21.3. The van der Waals surface area contributed by atoms with Crippen LogP contribution < -0.4 is 10.2 Å². The first kappa shape index (κ1) is 22.0. The molecule has 1 amide bonds. The molecule has 3 rings (SSSR count). The molecular weight excluding hydrogens is 530 g/mol. The third-order valence-electron chi connectivity index (χ3n) is 5.29. The summed E-state index contributed by atoms with van der Waals surface area (Å²) in [4.78, 5) is 13.8. The Hall–Kier alpha value is -0.690. The van der Waals surface area contributed by atoms with Gasteiger partial charge in [0.2, 0.25) is 5.91 Å². The van der Waals surface area contributed by atoms with Crippen molar-refractivity contribution in [1.82, 2.24) is 5.32 Å². The van der Waals surface area contributed by atoms with Crippen LogP contribution in [0.5, 0.6) is 0 Å². The first-order chi connectivity index (χ1) is 13.2. The second-order valence-electron chi connectivity index (χ2n) is 7.50. The van der Waals surface area contributed by atoms with Crippen LogP contribution in [-0.2, 0) is 10.2 Å². The second-order valence-corrected chi connectivity index (χ2v) is 9.66. The number of halogens is 4. The zero-order chi connectivity index (χ0) is 20.5. The molecule has 2 unspecified atom stereocenters. The molecule has 0 saturated carbocycles. The summed E-state index contributed by atoms with van der Waals surface area (Å²) in [6.07, 6.45) is 1.01. The predicted molar refractivity (Wildman–Crippen MR) is 128 cm³/mol. The van der Waals surface area contributed by atoms with E-state index in [-0.39, 0.29) is 17.4 Å². The summed E-state index contributed by atoms with van der Waals surface area (Å²) in [5.41, 5.74) is 3.16. The van der Waals surface area contributed by atoms with Gasteiger partial charge in [0.15, 0.2) is 0 Å². The molecule has 1 aliphatic rings. The molecule has 1 saturated heterocycles. The van der Waals surface area contributed by atoms with E-state index in [1.165, 1.54) is 6.92 Å². The summed E-state index contributed by atoms with van der Waals surface area (Å²) < 4.78 is 0.758. The van der Waals surface area contributed by atoms with Crippen molar-refractivity contribution in [2.45, 2.75) is 31.7 Å². The molecule has 7 heteroatoms. The maximum atomic E-state index is 11.4. The average molecular weight is 552 g/mol. The van der Waals surface area contributed by atoms with Crippen LogP contribution in [0.15, 0.2) is 36.4 Å². The number of hydrogen-bond acceptors (Lipinski definition) is 2. The zero-order valence-corrected chi connectivity index (χ0v) is 20.2. The van der Waals surface area contributed by atoms with Gasteiger partial charge in [-0.05, 0) is 47.9 Å². The first-order valence-corrected chi connectivity index (χ1v) is 11.7. The van der Waals surface area contributed by atoms with Crippen LogP contribution in [0.4, 0.5) is 5.69 Å². The largest absolute Gasteiger partial charge is 0.371 e. The molecule has 1 aliphatic heterocycles. The molecule has 2 atom stereocenters. The van der Waals surface area contributed by atoms with Crippen LogP contribution >= 0.6 is 57.4 Å². The lowest BCUT2D eigenvalue weighted by atomic mass is 9.82. The van der Waals surface area contributed by atoms with Crippen molar-refractivity contribution in [2.24, 2.45) is 0 Å². The van der Waals surface area contributed by atoms with E-state index in [0.717, 1.165) is 40.8 Å². The van der Waals surface area contributed by atoms with Crippen molar-refractivity contribution in [3.8, 4) is 0 Å². The minimum Gasteiger partial charge on any atom is -0.371 e. The number of benzene rings is 2. The Bertz CT molecular complexity index is 872. The maximum Gasteiger partial charge on any atom is 0.217 e. The third-order valence-corrected chi connectivity index (χ3v) is 6.93. The molecule has 1 N–H and O–H groups in total. The number of nitrogens with zero attached hydrogens (tertiary/aromatic N) is 1. The van der Waals surface area contributed by atoms with Gasteiger partial charge < -0.3 is 10.2 Å². The second kappa shape index (κ2) is 8.99. The van der Waals surface area contributed by atoms with Gasteiger partial charge in [-0.3, -0.25) is 4.79 Å². The highest BCUT2D eigenvalue weighted by Crippen LogP contribution is 2.39. The van der Waals surface area contributed by atoms with E-state index in [1.807, 2.05) is 24.3 Å². The van der Waals surface area contributed by atoms with Crippen LogP contribution in [0.25, 0.3) is 0 Å². The van der Waals surface area contributed by atoms with Crippen LogP contribution in [0, 0.1) is 0 Å². The summed E-state index contributed by atoms with van der Waals surface area (Å²) in [6.45, 7) is 5.56. The van der Waals surface area contributed by atoms with E-state index in [0.29, 0.717) is 15.1 Å². The molecule has 0 spiro atoms. The number of alkyl halides is 1. The number of carbonyl (C=O) groups is 1. The fraction of sp³-hybridized carbons (Fsp3) is 0.381. The Balaban J connectivity index is 1.81. The Morgan fingerprint density at radius 3 is 2.46 bits per heavy atom. The summed E-state index contributed by atoms with van der Waals surface area (Å²) in [5, 5.41) is 4.95. The highest BCUT2D eigenvalue weighted by atomic mass is 127. The SMILES string of the molecule is CC(=O)NC(CI)c1ccc(N2CCC(C)(c3cc(Cl)cc(Cl)c3)C2)cc1Cl. The number of nitrogens with one attached hydrogen (secondary N) is 1. The molecular formula is C21H22Cl3IN2O. The zero-order valence-electron chi connectivity index (χ0n) is 15.7. The lowest BCUT2D eigenvalue weighted by Gasteiger charge is -2.27. The molecule has 1 heterocycles. The molecule has 0 aromatic heterocycles. The van der Waals surface area contributed by atoms with Crippen molar-refractivity contribution in [3.63, 3.8) is 0 Å². The monoisotopic (exact) mass is 550 g/mol. The number of hydrogen-bond donors (Lipinski definition) is 1. The van der Waals surface area contributed by atoms with Crippen molar-refractivity contribution in [1.29, 1.82) is 0 Å². The minimum absolute atomic E-state index is 0.0272. The minimum atomic E-state index is -0.0860. The first-order valence-electron chi connectivity index (χ1n) is 9.06. The van der Waals surface area contributed by atoms with E-state index in [2.05, 4.69) is 45.8 Å². The van der Waals surface area contributed by atoms with Crippen molar-refractivity contribution in [2.75, 3.05) is 22.4 Å². The van der Waals surface area contributed by atoms with Crippen molar-refractivity contribution < 1.29 is 4.79 Å². The Kier molecular flexibility index (Phi) is 7.06. The van der Waals surface area contributed by atoms with Crippen LogP contribution in [0.3, 0.4) is 0 Å². The van der Waals surface area contributed by atoms with Gasteiger partial charge in [-0.15, -0.1) is 0 Å². The van der Waals surface area contributed by atoms with Crippen LogP contribution in [0.1, 0.15) is 37.4 Å². The van der Waals surface area contributed by atoms with E-state index < -0.39 is 0 Å². The van der Waals surface area contributed by atoms with Crippen LogP contribution in [-0.4, -0.2) is 23.4 Å². The highest BCUT2D eigenvalue weighted by Gasteiger charge is 2.36. The van der Waals surface area contributed by atoms with E-state index in [9.17, 15) is 4.79 Å². The number of rotatable bonds is 5. The van der Waals surface area contributed by atoms with E-state index in [1.54, 1.807) is 6.07 Å². The topological polar surface area (TPSA) is 32.3 Å². The fourth-order valence-corrected chi connectivity index (χ4v) is 5.29. The van der Waals surface area contributed by atoms with Crippen molar-refractivity contribution >= 4 is 69.0 Å². The average Bonchev–Trinajstić information content (AvgIpc) is 3.02. The lowest BCUT2D eigenvalue weighted by molar-refractivity contribution is -0.119. The smallest absolute Gasteiger partial charge is 0.217 e. The van der Waals surface area contributed by atoms with Gasteiger partial charge in [0.25, 0.3) is 0 Å². The van der Waals surface area contributed by atoms with Gasteiger partial charge in [0, 0.05) is 50.6 Å². The summed E-state index contributed by atoms with van der Waals surface area (Å²) in [5.74, 6) is -0.0581. The number of carbonyl (C=O) groups excluding carboxylic acids is 1. The highest BCUT2D eigenvalue weighted by molar-refractivity contribution is 14.1. The normalized spacial score (nSPS) is 20.3. The number of amides is 1. The molecule has 0 bridgehead atoms. The van der Waals surface area contributed by atoms with Crippen LogP contribution in [0.2, 0.25) is 15.1 Å². The quantitative estimate of drug-likeness (QED) is 0.343. The Morgan fingerprint density at radius 1 is 1.21 bits per heavy atom. The molecule has 28 heavy (non-hydrogen) atoms. The Labute approximate surface area is 194 Å². The van der Waals surface area contributed by atoms with E-state index in [4.69, 9.17) is 34.8 Å². The molecule has 0 radical (unpaired) electrons. The number of anilines is 1. The Morgan fingerprint density at radius 2 is 1.89 bits per heavy atom. The summed E-state index contributed by atoms with van der Waals surface area (Å²) in [6, 6.07) is 11.8. The lowest BCUT2D eigenvalue weighted by Crippen LogP contribution is -2.29. The van der Waals surface area contributed by atoms with Gasteiger partial charge in [-0.25, -0.2) is 0 Å². The molecule has 3 nitrogen and oxygen atoms in total.